The molecular formula is C26H36N4O4. The van der Waals surface area contributed by atoms with Crippen LogP contribution < -0.4 is 0 Å². The number of hydrogen-bond acceptors (Lipinski definition) is 6. The number of rotatable bonds is 5. The summed E-state index contributed by atoms with van der Waals surface area (Å²) in [7, 11) is 0. The molecule has 3 aliphatic rings. The van der Waals surface area contributed by atoms with E-state index >= 15 is 0 Å². The van der Waals surface area contributed by atoms with Crippen molar-refractivity contribution in [1.82, 2.24) is 19.6 Å². The van der Waals surface area contributed by atoms with Crippen molar-refractivity contribution < 1.29 is 20.1 Å². The van der Waals surface area contributed by atoms with Gasteiger partial charge in [0.2, 0.25) is 11.8 Å². The molecular weight excluding hydrogens is 432 g/mol. The van der Waals surface area contributed by atoms with Gasteiger partial charge in [-0.3, -0.25) is 9.69 Å². The number of phenolic OH excluding ortho intramolecular Hbond substituents is 1. The Morgan fingerprint density at radius 2 is 1.85 bits per heavy atom. The number of aromatic hydroxyl groups is 2. The highest BCUT2D eigenvalue weighted by molar-refractivity contribution is 5.76. The van der Waals surface area contributed by atoms with Crippen LogP contribution in [0.1, 0.15) is 50.2 Å². The molecule has 8 nitrogen and oxygen atoms in total. The normalized spacial score (nSPS) is 30.1. The first-order chi connectivity index (χ1) is 16.2. The number of aliphatic hydroxyl groups is 1. The number of likely N-dealkylation sites (tertiary alicyclic amines) is 2. The molecule has 3 fully saturated rings. The third kappa shape index (κ3) is 3.86. The van der Waals surface area contributed by atoms with E-state index in [0.29, 0.717) is 25.9 Å². The molecule has 184 valence electrons. The zero-order valence-corrected chi connectivity index (χ0v) is 20.2. The van der Waals surface area contributed by atoms with Gasteiger partial charge in [0.05, 0.1) is 11.8 Å². The van der Waals surface area contributed by atoms with Gasteiger partial charge in [0.15, 0.2) is 0 Å². The number of benzene rings is 1. The summed E-state index contributed by atoms with van der Waals surface area (Å²) >= 11 is 0. The summed E-state index contributed by atoms with van der Waals surface area (Å²) in [5, 5.41) is 36.9. The summed E-state index contributed by atoms with van der Waals surface area (Å²) in [6, 6.07) is 6.85. The minimum atomic E-state index is -1.04. The van der Waals surface area contributed by atoms with E-state index in [2.05, 4.69) is 16.9 Å². The zero-order chi connectivity index (χ0) is 24.1. The topological polar surface area (TPSA) is 102 Å². The monoisotopic (exact) mass is 468 g/mol. The van der Waals surface area contributed by atoms with E-state index in [1.807, 2.05) is 19.1 Å². The SMILES string of the molecule is Cc1ccc(O)cc1C12CCN(C(=O)Cn3nccc3O)CCC1(O)C(C)N(CC1CC1)CC2. The number of amides is 1. The van der Waals surface area contributed by atoms with E-state index < -0.39 is 11.0 Å². The van der Waals surface area contributed by atoms with Crippen molar-refractivity contribution in [2.24, 2.45) is 5.92 Å². The predicted molar refractivity (Wildman–Crippen MR) is 128 cm³/mol. The van der Waals surface area contributed by atoms with Gasteiger partial charge in [0, 0.05) is 37.2 Å². The van der Waals surface area contributed by atoms with Crippen LogP contribution in [0.3, 0.4) is 0 Å². The Hall–Kier alpha value is -2.58. The van der Waals surface area contributed by atoms with Crippen LogP contribution in [0.2, 0.25) is 0 Å². The van der Waals surface area contributed by atoms with Gasteiger partial charge in [0.1, 0.15) is 12.3 Å². The Balaban J connectivity index is 1.49. The summed E-state index contributed by atoms with van der Waals surface area (Å²) in [6.45, 7) is 7.00. The highest BCUT2D eigenvalue weighted by Gasteiger charge is 2.59. The smallest absolute Gasteiger partial charge is 0.244 e. The Labute approximate surface area is 200 Å². The van der Waals surface area contributed by atoms with Crippen LogP contribution in [0.4, 0.5) is 0 Å². The standard InChI is InChI=1S/C26H36N4O4/c1-18-3-6-21(31)15-22(18)25-8-12-28(24(33)17-30-23(32)7-11-27-30)14-10-26(25,34)19(2)29(13-9-25)16-20-4-5-20/h3,6-7,11,15,19-20,31-32,34H,4-5,8-10,12-14,16-17H2,1-2H3. The number of aryl methyl sites for hydroxylation is 1. The molecule has 0 radical (unpaired) electrons. The largest absolute Gasteiger partial charge is 0.508 e. The fourth-order valence-corrected chi connectivity index (χ4v) is 6.41. The van der Waals surface area contributed by atoms with Crippen molar-refractivity contribution in [2.45, 2.75) is 69.6 Å². The molecule has 3 unspecified atom stereocenters. The number of hydrogen-bond donors (Lipinski definition) is 3. The lowest BCUT2D eigenvalue weighted by atomic mass is 9.57. The molecule has 2 aliphatic heterocycles. The van der Waals surface area contributed by atoms with E-state index in [0.717, 1.165) is 36.6 Å². The maximum atomic E-state index is 13.2. The quantitative estimate of drug-likeness (QED) is 0.623. The number of aromatic nitrogens is 2. The molecule has 34 heavy (non-hydrogen) atoms. The maximum Gasteiger partial charge on any atom is 0.244 e. The summed E-state index contributed by atoms with van der Waals surface area (Å²) in [4.78, 5) is 17.4. The van der Waals surface area contributed by atoms with Crippen molar-refractivity contribution in [3.63, 3.8) is 0 Å². The molecule has 3 atom stereocenters. The lowest BCUT2D eigenvalue weighted by Crippen LogP contribution is -2.68. The third-order valence-corrected chi connectivity index (χ3v) is 8.72. The zero-order valence-electron chi connectivity index (χ0n) is 20.2. The van der Waals surface area contributed by atoms with Crippen molar-refractivity contribution in [2.75, 3.05) is 26.2 Å². The van der Waals surface area contributed by atoms with Crippen LogP contribution in [0.5, 0.6) is 11.6 Å². The molecule has 3 heterocycles. The van der Waals surface area contributed by atoms with E-state index in [1.54, 1.807) is 11.0 Å². The fraction of sp³-hybridized carbons (Fsp3) is 0.615. The highest BCUT2D eigenvalue weighted by atomic mass is 16.3. The average Bonchev–Trinajstić information content (AvgIpc) is 3.57. The molecule has 0 spiro atoms. The Morgan fingerprint density at radius 3 is 2.56 bits per heavy atom. The minimum absolute atomic E-state index is 0.0290. The number of phenols is 1. The fourth-order valence-electron chi connectivity index (χ4n) is 6.41. The van der Waals surface area contributed by atoms with Gasteiger partial charge in [-0.05, 0) is 81.7 Å². The van der Waals surface area contributed by atoms with E-state index in [1.165, 1.54) is 29.8 Å². The average molecular weight is 469 g/mol. The molecule has 1 aliphatic carbocycles. The van der Waals surface area contributed by atoms with Crippen LogP contribution >= 0.6 is 0 Å². The lowest BCUT2D eigenvalue weighted by molar-refractivity contribution is -0.138. The molecule has 1 aromatic heterocycles. The highest BCUT2D eigenvalue weighted by Crippen LogP contribution is 2.53. The van der Waals surface area contributed by atoms with E-state index in [4.69, 9.17) is 0 Å². The first-order valence-electron chi connectivity index (χ1n) is 12.5. The molecule has 8 heteroatoms. The number of carbonyl (C=O) groups is 1. The first kappa shape index (κ1) is 23.2. The predicted octanol–water partition coefficient (Wildman–Crippen LogP) is 2.40. The Kier molecular flexibility index (Phi) is 5.84. The molecule has 1 saturated carbocycles. The van der Waals surface area contributed by atoms with Crippen LogP contribution in [-0.2, 0) is 16.8 Å². The number of carbonyl (C=O) groups excluding carboxylic acids is 1. The number of fused-ring (bicyclic) bond motifs is 1. The van der Waals surface area contributed by atoms with Gasteiger partial charge < -0.3 is 20.2 Å². The second-order valence-corrected chi connectivity index (χ2v) is 10.6. The van der Waals surface area contributed by atoms with Crippen LogP contribution in [0.15, 0.2) is 30.5 Å². The lowest BCUT2D eigenvalue weighted by Gasteiger charge is -2.57. The van der Waals surface area contributed by atoms with Gasteiger partial charge in [0.25, 0.3) is 0 Å². The third-order valence-electron chi connectivity index (χ3n) is 8.72. The van der Waals surface area contributed by atoms with Gasteiger partial charge in [-0.2, -0.15) is 5.10 Å². The molecule has 1 aromatic carbocycles. The summed E-state index contributed by atoms with van der Waals surface area (Å²) in [5.74, 6) is 0.779. The van der Waals surface area contributed by atoms with Gasteiger partial charge >= 0.3 is 0 Å². The summed E-state index contributed by atoms with van der Waals surface area (Å²) < 4.78 is 1.30. The molecule has 2 saturated heterocycles. The van der Waals surface area contributed by atoms with Crippen LogP contribution in [-0.4, -0.2) is 78.6 Å². The second-order valence-electron chi connectivity index (χ2n) is 10.6. The molecule has 1 amide bonds. The van der Waals surface area contributed by atoms with E-state index in [9.17, 15) is 20.1 Å². The number of nitrogens with zero attached hydrogens (tertiary/aromatic N) is 4. The second kappa shape index (κ2) is 8.57. The Morgan fingerprint density at radius 1 is 1.12 bits per heavy atom. The van der Waals surface area contributed by atoms with Gasteiger partial charge in [-0.25, -0.2) is 4.68 Å². The van der Waals surface area contributed by atoms with Crippen molar-refractivity contribution >= 4 is 5.91 Å². The van der Waals surface area contributed by atoms with Crippen LogP contribution in [0, 0.1) is 12.8 Å². The first-order valence-corrected chi connectivity index (χ1v) is 12.5. The Bertz CT molecular complexity index is 1070. The maximum absolute atomic E-state index is 13.2. The summed E-state index contributed by atoms with van der Waals surface area (Å²) in [5.41, 5.74) is 0.451. The molecule has 2 aromatic rings. The summed E-state index contributed by atoms with van der Waals surface area (Å²) in [6.07, 6.45) is 5.86. The van der Waals surface area contributed by atoms with E-state index in [-0.39, 0.29) is 30.1 Å². The number of piperidine rings is 1. The molecule has 3 N–H and O–H groups in total. The molecule has 5 rings (SSSR count). The van der Waals surface area contributed by atoms with Gasteiger partial charge in [-0.15, -0.1) is 0 Å². The molecule has 0 bridgehead atoms. The van der Waals surface area contributed by atoms with Gasteiger partial charge in [-0.1, -0.05) is 6.07 Å². The van der Waals surface area contributed by atoms with Crippen LogP contribution in [0.25, 0.3) is 0 Å². The van der Waals surface area contributed by atoms with Crippen molar-refractivity contribution in [1.29, 1.82) is 0 Å². The van der Waals surface area contributed by atoms with Crippen molar-refractivity contribution in [3.8, 4) is 11.6 Å². The minimum Gasteiger partial charge on any atom is -0.508 e. The van der Waals surface area contributed by atoms with Crippen molar-refractivity contribution in [3.05, 3.63) is 41.6 Å².